The van der Waals surface area contributed by atoms with Crippen LogP contribution in [-0.4, -0.2) is 10.8 Å². The molecule has 0 aliphatic heterocycles. The van der Waals surface area contributed by atoms with Crippen LogP contribution in [-0.2, 0) is 6.54 Å². The zero-order chi connectivity index (χ0) is 16.9. The summed E-state index contributed by atoms with van der Waals surface area (Å²) in [6.07, 6.45) is 1.74. The second-order valence-corrected chi connectivity index (χ2v) is 6.71. The van der Waals surface area contributed by atoms with Crippen molar-refractivity contribution in [2.24, 2.45) is 10.2 Å². The van der Waals surface area contributed by atoms with E-state index < -0.39 is 0 Å². The molecule has 0 saturated heterocycles. The average molecular weight is 376 g/mol. The van der Waals surface area contributed by atoms with E-state index in [1.165, 1.54) is 11.3 Å². The monoisotopic (exact) mass is 375 g/mol. The Morgan fingerprint density at radius 3 is 2.62 bits per heavy atom. The first-order valence-electron chi connectivity index (χ1n) is 7.45. The maximum atomic E-state index is 6.33. The van der Waals surface area contributed by atoms with Gasteiger partial charge in [0, 0.05) is 22.5 Å². The minimum atomic E-state index is 0.624. The van der Waals surface area contributed by atoms with E-state index in [9.17, 15) is 0 Å². The molecule has 24 heavy (non-hydrogen) atoms. The van der Waals surface area contributed by atoms with Crippen molar-refractivity contribution in [1.29, 1.82) is 0 Å². The number of halogens is 2. The fourth-order valence-corrected chi connectivity index (χ4v) is 3.74. The molecule has 0 unspecified atom stereocenters. The van der Waals surface area contributed by atoms with Crippen LogP contribution < -0.4 is 4.80 Å². The molecule has 0 aliphatic carbocycles. The third kappa shape index (κ3) is 3.78. The summed E-state index contributed by atoms with van der Waals surface area (Å²) in [5.41, 5.74) is 2.97. The molecule has 3 nitrogen and oxygen atoms in total. The molecule has 3 rings (SSSR count). The fourth-order valence-electron chi connectivity index (χ4n) is 2.31. The van der Waals surface area contributed by atoms with Gasteiger partial charge in [-0.25, -0.2) is 0 Å². The summed E-state index contributed by atoms with van der Waals surface area (Å²) in [5.74, 6) is 0. The number of benzene rings is 2. The first-order valence-corrected chi connectivity index (χ1v) is 9.08. The lowest BCUT2D eigenvalue weighted by Gasteiger charge is -2.07. The SMILES string of the molecule is CCn1c(-c2ccc(Cl)cc2Cl)cs/c1=N\N=C/c1ccccc1. The summed E-state index contributed by atoms with van der Waals surface area (Å²) in [5, 5.41) is 11.8. The van der Waals surface area contributed by atoms with E-state index in [-0.39, 0.29) is 0 Å². The Kier molecular flexibility index (Phi) is 5.51. The van der Waals surface area contributed by atoms with Gasteiger partial charge in [-0.05, 0) is 30.7 Å². The highest BCUT2D eigenvalue weighted by atomic mass is 35.5. The summed E-state index contributed by atoms with van der Waals surface area (Å²) in [4.78, 5) is 0.825. The summed E-state index contributed by atoms with van der Waals surface area (Å²) in [6, 6.07) is 15.4. The van der Waals surface area contributed by atoms with E-state index in [2.05, 4.69) is 21.7 Å². The van der Waals surface area contributed by atoms with Gasteiger partial charge in [0.15, 0.2) is 0 Å². The van der Waals surface area contributed by atoms with E-state index in [0.717, 1.165) is 28.2 Å². The van der Waals surface area contributed by atoms with E-state index >= 15 is 0 Å². The van der Waals surface area contributed by atoms with E-state index in [0.29, 0.717) is 10.0 Å². The Morgan fingerprint density at radius 1 is 1.12 bits per heavy atom. The molecule has 6 heteroatoms. The lowest BCUT2D eigenvalue weighted by molar-refractivity contribution is 0.737. The van der Waals surface area contributed by atoms with Crippen LogP contribution in [0.1, 0.15) is 12.5 Å². The summed E-state index contributed by atoms with van der Waals surface area (Å²) in [6.45, 7) is 2.84. The molecule has 3 aromatic rings. The van der Waals surface area contributed by atoms with Gasteiger partial charge in [0.1, 0.15) is 0 Å². The molecule has 0 atom stereocenters. The third-order valence-corrected chi connectivity index (χ3v) is 4.87. The Bertz CT molecular complexity index is 927. The van der Waals surface area contributed by atoms with Crippen LogP contribution in [0, 0.1) is 0 Å². The third-order valence-electron chi connectivity index (χ3n) is 3.47. The van der Waals surface area contributed by atoms with Gasteiger partial charge in [0.05, 0.1) is 16.9 Å². The Labute approximate surface area is 154 Å². The molecule has 0 fully saturated rings. The number of hydrogen-bond donors (Lipinski definition) is 0. The molecule has 0 spiro atoms. The summed E-state index contributed by atoms with van der Waals surface area (Å²) in [7, 11) is 0. The normalized spacial score (nSPS) is 12.2. The molecular formula is C18H15Cl2N3S. The molecule has 2 aromatic carbocycles. The molecule has 0 saturated carbocycles. The van der Waals surface area contributed by atoms with E-state index in [1.54, 1.807) is 12.3 Å². The van der Waals surface area contributed by atoms with Crippen molar-refractivity contribution in [3.8, 4) is 11.3 Å². The number of nitrogens with zero attached hydrogens (tertiary/aromatic N) is 3. The van der Waals surface area contributed by atoms with Gasteiger partial charge in [-0.3, -0.25) is 0 Å². The zero-order valence-electron chi connectivity index (χ0n) is 13.0. The zero-order valence-corrected chi connectivity index (χ0v) is 15.3. The van der Waals surface area contributed by atoms with Gasteiger partial charge in [-0.15, -0.1) is 16.4 Å². The molecule has 0 bridgehead atoms. The maximum absolute atomic E-state index is 6.33. The molecule has 1 heterocycles. The minimum Gasteiger partial charge on any atom is -0.315 e. The predicted molar refractivity (Wildman–Crippen MR) is 103 cm³/mol. The average Bonchev–Trinajstić information content (AvgIpc) is 2.98. The molecular weight excluding hydrogens is 361 g/mol. The van der Waals surface area contributed by atoms with Crippen molar-refractivity contribution in [2.75, 3.05) is 0 Å². The van der Waals surface area contributed by atoms with Gasteiger partial charge < -0.3 is 4.57 Å². The van der Waals surface area contributed by atoms with Gasteiger partial charge in [0.25, 0.3) is 0 Å². The van der Waals surface area contributed by atoms with E-state index in [4.69, 9.17) is 23.2 Å². The molecule has 0 amide bonds. The van der Waals surface area contributed by atoms with Crippen molar-refractivity contribution in [2.45, 2.75) is 13.5 Å². The van der Waals surface area contributed by atoms with Crippen LogP contribution in [0.3, 0.4) is 0 Å². The van der Waals surface area contributed by atoms with Gasteiger partial charge in [-0.1, -0.05) is 53.5 Å². The molecule has 0 N–H and O–H groups in total. The van der Waals surface area contributed by atoms with Crippen LogP contribution in [0.2, 0.25) is 10.0 Å². The highest BCUT2D eigenvalue weighted by Gasteiger charge is 2.10. The molecule has 122 valence electrons. The van der Waals surface area contributed by atoms with Crippen molar-refractivity contribution in [1.82, 2.24) is 4.57 Å². The van der Waals surface area contributed by atoms with Crippen LogP contribution >= 0.6 is 34.5 Å². The second-order valence-electron chi connectivity index (χ2n) is 5.03. The lowest BCUT2D eigenvalue weighted by atomic mass is 10.2. The second kappa shape index (κ2) is 7.79. The molecule has 0 radical (unpaired) electrons. The Balaban J connectivity index is 1.98. The Morgan fingerprint density at radius 2 is 1.92 bits per heavy atom. The van der Waals surface area contributed by atoms with Gasteiger partial charge in [0.2, 0.25) is 4.80 Å². The standard InChI is InChI=1S/C18H15Cl2N3S/c1-2-23-17(15-9-8-14(19)10-16(15)20)12-24-18(23)22-21-11-13-6-4-3-5-7-13/h3-12H,2H2,1H3/b21-11-,22-18-. The first-order chi connectivity index (χ1) is 11.7. The van der Waals surface area contributed by atoms with E-state index in [1.807, 2.05) is 47.8 Å². The summed E-state index contributed by atoms with van der Waals surface area (Å²) >= 11 is 13.9. The Hall–Kier alpha value is -1.88. The van der Waals surface area contributed by atoms with Crippen LogP contribution in [0.4, 0.5) is 0 Å². The van der Waals surface area contributed by atoms with Gasteiger partial charge >= 0.3 is 0 Å². The topological polar surface area (TPSA) is 29.6 Å². The van der Waals surface area contributed by atoms with Crippen molar-refractivity contribution in [3.63, 3.8) is 0 Å². The van der Waals surface area contributed by atoms with Crippen molar-refractivity contribution < 1.29 is 0 Å². The van der Waals surface area contributed by atoms with Gasteiger partial charge in [-0.2, -0.15) is 5.10 Å². The number of thiazole rings is 1. The highest BCUT2D eigenvalue weighted by molar-refractivity contribution is 7.07. The van der Waals surface area contributed by atoms with Crippen LogP contribution in [0.5, 0.6) is 0 Å². The minimum absolute atomic E-state index is 0.624. The predicted octanol–water partition coefficient (Wildman–Crippen LogP) is 5.48. The quantitative estimate of drug-likeness (QED) is 0.426. The molecule has 1 aromatic heterocycles. The molecule has 0 aliphatic rings. The van der Waals surface area contributed by atoms with Crippen molar-refractivity contribution >= 4 is 40.8 Å². The largest absolute Gasteiger partial charge is 0.315 e. The number of rotatable bonds is 4. The first kappa shape index (κ1) is 17.0. The van der Waals surface area contributed by atoms with Crippen molar-refractivity contribution in [3.05, 3.63) is 74.3 Å². The van der Waals surface area contributed by atoms with Crippen LogP contribution in [0.15, 0.2) is 64.1 Å². The summed E-state index contributed by atoms with van der Waals surface area (Å²) < 4.78 is 2.09. The fraction of sp³-hybridized carbons (Fsp3) is 0.111. The lowest BCUT2D eigenvalue weighted by Crippen LogP contribution is -2.14. The smallest absolute Gasteiger partial charge is 0.211 e. The highest BCUT2D eigenvalue weighted by Crippen LogP contribution is 2.30. The number of aromatic nitrogens is 1. The number of hydrogen-bond acceptors (Lipinski definition) is 3. The van der Waals surface area contributed by atoms with Crippen LogP contribution in [0.25, 0.3) is 11.3 Å². The maximum Gasteiger partial charge on any atom is 0.211 e.